The van der Waals surface area contributed by atoms with Gasteiger partial charge >= 0.3 is 0 Å². The first-order chi connectivity index (χ1) is 14.0. The van der Waals surface area contributed by atoms with Crippen LogP contribution in [0, 0.1) is 40.4 Å². The molecule has 0 aromatic rings. The van der Waals surface area contributed by atoms with Gasteiger partial charge in [-0.25, -0.2) is 0 Å². The molecule has 3 nitrogen and oxygen atoms in total. The lowest BCUT2D eigenvalue weighted by Crippen LogP contribution is -2.59. The van der Waals surface area contributed by atoms with Crippen molar-refractivity contribution >= 4 is 5.78 Å². The zero-order chi connectivity index (χ0) is 21.9. The molecule has 2 N–H and O–H groups in total. The minimum atomic E-state index is -0.827. The van der Waals surface area contributed by atoms with Crippen LogP contribution in [0.25, 0.3) is 0 Å². The molecule has 3 saturated carbocycles. The summed E-state index contributed by atoms with van der Waals surface area (Å²) in [6.07, 6.45) is 11.6. The average molecular weight is 417 g/mol. The third-order valence-corrected chi connectivity index (χ3v) is 10.3. The van der Waals surface area contributed by atoms with Crippen molar-refractivity contribution in [2.24, 2.45) is 40.4 Å². The Morgan fingerprint density at radius 2 is 1.77 bits per heavy atom. The van der Waals surface area contributed by atoms with Gasteiger partial charge in [0.2, 0.25) is 0 Å². The van der Waals surface area contributed by atoms with E-state index in [-0.39, 0.29) is 28.6 Å². The number of aliphatic hydroxyl groups excluding tert-OH is 1. The Morgan fingerprint density at radius 1 is 1.03 bits per heavy atom. The highest BCUT2D eigenvalue weighted by Crippen LogP contribution is 2.68. The summed E-state index contributed by atoms with van der Waals surface area (Å²) in [6.45, 7) is 11.6. The quantitative estimate of drug-likeness (QED) is 0.606. The summed E-state index contributed by atoms with van der Waals surface area (Å²) in [6, 6.07) is 0. The number of rotatable bonds is 5. The Balaban J connectivity index is 1.61. The standard InChI is InChI=1S/C27H44O3/c1-17(2)7-6-8-18(3)20-11-14-27(30)22-16-24(29)23-15-19(28)9-12-25(23,4)21(22)10-13-26(20,27)5/h16-21,23,28,30H,6-15H2,1-5H3/t18-,19-,20-,21+,23-,25-,26-,27-/m1/s1. The summed E-state index contributed by atoms with van der Waals surface area (Å²) in [4.78, 5) is 13.2. The number of carbonyl (C=O) groups is 1. The van der Waals surface area contributed by atoms with Crippen LogP contribution in [0.5, 0.6) is 0 Å². The van der Waals surface area contributed by atoms with Crippen molar-refractivity contribution in [3.05, 3.63) is 11.6 Å². The first-order valence-electron chi connectivity index (χ1n) is 12.7. The SMILES string of the molecule is CC(C)CCC[C@@H](C)[C@H]1CC[C@@]2(O)C3=CC(=O)[C@H]4C[C@H](O)CC[C@]4(C)[C@H]3CC[C@]12C. The Bertz CT molecular complexity index is 711. The molecule has 0 heterocycles. The first kappa shape index (κ1) is 22.5. The fourth-order valence-electron chi connectivity index (χ4n) is 8.32. The number of carbonyl (C=O) groups excluding carboxylic acids is 1. The van der Waals surface area contributed by atoms with E-state index >= 15 is 0 Å². The summed E-state index contributed by atoms with van der Waals surface area (Å²) >= 11 is 0. The molecule has 3 fully saturated rings. The van der Waals surface area contributed by atoms with Crippen molar-refractivity contribution in [1.29, 1.82) is 0 Å². The van der Waals surface area contributed by atoms with Gasteiger partial charge in [-0.05, 0) is 85.7 Å². The second kappa shape index (κ2) is 7.73. The Hall–Kier alpha value is -0.670. The maximum Gasteiger partial charge on any atom is 0.159 e. The number of ketones is 1. The Kier molecular flexibility index (Phi) is 5.80. The zero-order valence-corrected chi connectivity index (χ0v) is 19.9. The molecule has 0 aromatic heterocycles. The topological polar surface area (TPSA) is 57.5 Å². The van der Waals surface area contributed by atoms with Gasteiger partial charge < -0.3 is 10.2 Å². The van der Waals surface area contributed by atoms with Crippen LogP contribution in [0.4, 0.5) is 0 Å². The van der Waals surface area contributed by atoms with Crippen molar-refractivity contribution in [2.45, 2.75) is 111 Å². The Morgan fingerprint density at radius 3 is 2.47 bits per heavy atom. The maximum absolute atomic E-state index is 13.2. The molecule has 8 atom stereocenters. The molecule has 170 valence electrons. The van der Waals surface area contributed by atoms with E-state index in [1.54, 1.807) is 0 Å². The smallest absolute Gasteiger partial charge is 0.159 e. The predicted octanol–water partition coefficient (Wildman–Crippen LogP) is 5.68. The van der Waals surface area contributed by atoms with Crippen molar-refractivity contribution in [3.63, 3.8) is 0 Å². The van der Waals surface area contributed by atoms with Gasteiger partial charge in [0, 0.05) is 11.3 Å². The maximum atomic E-state index is 13.2. The molecule has 0 amide bonds. The lowest BCUT2D eigenvalue weighted by molar-refractivity contribution is -0.141. The largest absolute Gasteiger partial charge is 0.393 e. The van der Waals surface area contributed by atoms with E-state index in [1.165, 1.54) is 19.3 Å². The van der Waals surface area contributed by atoms with Crippen molar-refractivity contribution in [3.8, 4) is 0 Å². The van der Waals surface area contributed by atoms with Crippen LogP contribution < -0.4 is 0 Å². The van der Waals surface area contributed by atoms with E-state index in [2.05, 4.69) is 34.6 Å². The van der Waals surface area contributed by atoms with Crippen LogP contribution in [0.2, 0.25) is 0 Å². The molecule has 30 heavy (non-hydrogen) atoms. The fourth-order valence-corrected chi connectivity index (χ4v) is 8.32. The second-order valence-corrected chi connectivity index (χ2v) is 12.3. The summed E-state index contributed by atoms with van der Waals surface area (Å²) in [5.74, 6) is 2.28. The zero-order valence-electron chi connectivity index (χ0n) is 19.9. The lowest BCUT2D eigenvalue weighted by atomic mass is 9.46. The predicted molar refractivity (Wildman–Crippen MR) is 121 cm³/mol. The van der Waals surface area contributed by atoms with Crippen LogP contribution in [0.1, 0.15) is 98.8 Å². The molecule has 0 aliphatic heterocycles. The number of aliphatic hydroxyl groups is 2. The van der Waals surface area contributed by atoms with Crippen LogP contribution in [0.3, 0.4) is 0 Å². The molecule has 0 unspecified atom stereocenters. The van der Waals surface area contributed by atoms with E-state index in [0.717, 1.165) is 50.0 Å². The molecular weight excluding hydrogens is 372 g/mol. The third kappa shape index (κ3) is 3.25. The Labute approximate surface area is 183 Å². The van der Waals surface area contributed by atoms with E-state index in [1.807, 2.05) is 6.08 Å². The van der Waals surface area contributed by atoms with Gasteiger partial charge in [0.25, 0.3) is 0 Å². The van der Waals surface area contributed by atoms with Crippen molar-refractivity contribution < 1.29 is 15.0 Å². The first-order valence-corrected chi connectivity index (χ1v) is 12.7. The minimum Gasteiger partial charge on any atom is -0.393 e. The van der Waals surface area contributed by atoms with Gasteiger partial charge in [0.05, 0.1) is 11.7 Å². The minimum absolute atomic E-state index is 0.0740. The van der Waals surface area contributed by atoms with Gasteiger partial charge in [-0.1, -0.05) is 53.9 Å². The van der Waals surface area contributed by atoms with Crippen LogP contribution in [-0.4, -0.2) is 27.7 Å². The highest BCUT2D eigenvalue weighted by Gasteiger charge is 2.66. The van der Waals surface area contributed by atoms with Gasteiger partial charge in [0.15, 0.2) is 5.78 Å². The highest BCUT2D eigenvalue weighted by atomic mass is 16.3. The molecule has 0 aromatic carbocycles. The summed E-state index contributed by atoms with van der Waals surface area (Å²) in [7, 11) is 0. The van der Waals surface area contributed by atoms with Crippen LogP contribution >= 0.6 is 0 Å². The summed E-state index contributed by atoms with van der Waals surface area (Å²) < 4.78 is 0. The number of fused-ring (bicyclic) bond motifs is 5. The van der Waals surface area contributed by atoms with Crippen molar-refractivity contribution in [2.75, 3.05) is 0 Å². The number of hydrogen-bond donors (Lipinski definition) is 2. The molecular formula is C27H44O3. The van der Waals surface area contributed by atoms with Gasteiger partial charge in [-0.15, -0.1) is 0 Å². The molecule has 0 bridgehead atoms. The average Bonchev–Trinajstić information content (AvgIpc) is 2.95. The van der Waals surface area contributed by atoms with Crippen molar-refractivity contribution in [1.82, 2.24) is 0 Å². The molecule has 4 aliphatic rings. The van der Waals surface area contributed by atoms with Crippen LogP contribution in [-0.2, 0) is 4.79 Å². The van der Waals surface area contributed by atoms with E-state index in [9.17, 15) is 15.0 Å². The van der Waals surface area contributed by atoms with Crippen LogP contribution in [0.15, 0.2) is 11.6 Å². The molecule has 0 spiro atoms. The van der Waals surface area contributed by atoms with Gasteiger partial charge in [-0.3, -0.25) is 4.79 Å². The normalized spacial score (nSPS) is 46.8. The monoisotopic (exact) mass is 416 g/mol. The lowest BCUT2D eigenvalue weighted by Gasteiger charge is -2.59. The second-order valence-electron chi connectivity index (χ2n) is 12.3. The molecule has 0 radical (unpaired) electrons. The van der Waals surface area contributed by atoms with Gasteiger partial charge in [-0.2, -0.15) is 0 Å². The highest BCUT2D eigenvalue weighted by molar-refractivity contribution is 5.95. The third-order valence-electron chi connectivity index (χ3n) is 10.3. The van der Waals surface area contributed by atoms with E-state index in [0.29, 0.717) is 24.2 Å². The molecule has 0 saturated heterocycles. The summed E-state index contributed by atoms with van der Waals surface area (Å²) in [5, 5.41) is 22.4. The number of hydrogen-bond acceptors (Lipinski definition) is 3. The molecule has 4 rings (SSSR count). The van der Waals surface area contributed by atoms with E-state index in [4.69, 9.17) is 0 Å². The summed E-state index contributed by atoms with van der Waals surface area (Å²) in [5.41, 5.74) is 0.0168. The molecule has 3 heteroatoms. The fraction of sp³-hybridized carbons (Fsp3) is 0.889. The number of allylic oxidation sites excluding steroid dienone is 1. The van der Waals surface area contributed by atoms with Gasteiger partial charge in [0.1, 0.15) is 0 Å². The molecule has 4 aliphatic carbocycles. The van der Waals surface area contributed by atoms with E-state index < -0.39 is 5.60 Å².